The van der Waals surface area contributed by atoms with E-state index in [1.807, 2.05) is 0 Å². The molecule has 0 atom stereocenters. The molecule has 0 bridgehead atoms. The lowest BCUT2D eigenvalue weighted by molar-refractivity contribution is -0.384. The molecule has 0 unspecified atom stereocenters. The number of amides is 1. The highest BCUT2D eigenvalue weighted by molar-refractivity contribution is 5.81. The zero-order valence-electron chi connectivity index (χ0n) is 14.4. The third-order valence-corrected chi connectivity index (χ3v) is 3.52. The summed E-state index contributed by atoms with van der Waals surface area (Å²) >= 11 is 0. The van der Waals surface area contributed by atoms with E-state index in [-0.39, 0.29) is 18.0 Å². The van der Waals surface area contributed by atoms with Crippen LogP contribution in [0.5, 0.6) is 5.75 Å². The molecule has 0 aliphatic rings. The molecule has 1 heterocycles. The van der Waals surface area contributed by atoms with Gasteiger partial charge >= 0.3 is 0 Å². The standard InChI is InChI=1S/C19H14FN3O5/c20-14-4-2-6-16(10-14)27-12-19(24)22-21-11-17-7-8-18(28-17)13-3-1-5-15(9-13)23(25)26/h1-11H,12H2,(H,22,24)/b21-11-. The molecule has 0 aliphatic heterocycles. The first-order chi connectivity index (χ1) is 13.5. The van der Waals surface area contributed by atoms with E-state index in [9.17, 15) is 19.3 Å². The summed E-state index contributed by atoms with van der Waals surface area (Å²) in [6, 6.07) is 14.7. The van der Waals surface area contributed by atoms with E-state index in [1.165, 1.54) is 36.5 Å². The van der Waals surface area contributed by atoms with Crippen LogP contribution in [0.15, 0.2) is 70.2 Å². The van der Waals surface area contributed by atoms with Crippen LogP contribution in [0.4, 0.5) is 10.1 Å². The van der Waals surface area contributed by atoms with E-state index < -0.39 is 16.6 Å². The first-order valence-electron chi connectivity index (χ1n) is 8.06. The molecule has 0 saturated heterocycles. The highest BCUT2D eigenvalue weighted by Crippen LogP contribution is 2.25. The van der Waals surface area contributed by atoms with Crippen LogP contribution >= 0.6 is 0 Å². The van der Waals surface area contributed by atoms with Crippen LogP contribution < -0.4 is 10.2 Å². The number of nitro benzene ring substituents is 1. The Bertz CT molecular complexity index is 1030. The highest BCUT2D eigenvalue weighted by Gasteiger charge is 2.10. The normalized spacial score (nSPS) is 10.8. The molecule has 1 N–H and O–H groups in total. The summed E-state index contributed by atoms with van der Waals surface area (Å²) < 4.78 is 23.7. The summed E-state index contributed by atoms with van der Waals surface area (Å²) in [6.45, 7) is -0.335. The molecular weight excluding hydrogens is 369 g/mol. The Morgan fingerprint density at radius 3 is 2.82 bits per heavy atom. The molecule has 1 aromatic heterocycles. The first-order valence-corrected chi connectivity index (χ1v) is 8.06. The van der Waals surface area contributed by atoms with E-state index in [0.29, 0.717) is 17.1 Å². The predicted octanol–water partition coefficient (Wildman–Crippen LogP) is 3.52. The minimum absolute atomic E-state index is 0.0466. The molecule has 28 heavy (non-hydrogen) atoms. The van der Waals surface area contributed by atoms with Crippen molar-refractivity contribution in [1.82, 2.24) is 5.43 Å². The van der Waals surface area contributed by atoms with Crippen LogP contribution in [0.25, 0.3) is 11.3 Å². The number of hydrogen-bond acceptors (Lipinski definition) is 6. The van der Waals surface area contributed by atoms with Crippen molar-refractivity contribution < 1.29 is 23.3 Å². The lowest BCUT2D eigenvalue weighted by atomic mass is 10.1. The number of nitrogens with zero attached hydrogens (tertiary/aromatic N) is 2. The van der Waals surface area contributed by atoms with Crippen molar-refractivity contribution in [2.45, 2.75) is 0 Å². The Balaban J connectivity index is 1.54. The van der Waals surface area contributed by atoms with Crippen molar-refractivity contribution in [2.24, 2.45) is 5.10 Å². The van der Waals surface area contributed by atoms with Gasteiger partial charge in [-0.25, -0.2) is 9.82 Å². The molecule has 3 aromatic rings. The summed E-state index contributed by atoms with van der Waals surface area (Å²) in [5.74, 6) is -0.00944. The van der Waals surface area contributed by atoms with Gasteiger partial charge in [-0.1, -0.05) is 18.2 Å². The van der Waals surface area contributed by atoms with Gasteiger partial charge < -0.3 is 9.15 Å². The van der Waals surface area contributed by atoms with Crippen molar-refractivity contribution >= 4 is 17.8 Å². The molecule has 0 aliphatic carbocycles. The lowest BCUT2D eigenvalue weighted by Gasteiger charge is -2.04. The van der Waals surface area contributed by atoms with Gasteiger partial charge in [0.05, 0.1) is 11.1 Å². The summed E-state index contributed by atoms with van der Waals surface area (Å²) in [5.41, 5.74) is 2.75. The van der Waals surface area contributed by atoms with Gasteiger partial charge in [0.15, 0.2) is 6.61 Å². The fourth-order valence-corrected chi connectivity index (χ4v) is 2.26. The van der Waals surface area contributed by atoms with E-state index in [1.54, 1.807) is 24.3 Å². The number of non-ortho nitro benzene ring substituents is 1. The number of halogens is 1. The topological polar surface area (TPSA) is 107 Å². The molecule has 8 nitrogen and oxygen atoms in total. The fraction of sp³-hybridized carbons (Fsp3) is 0.0526. The Labute approximate surface area is 158 Å². The summed E-state index contributed by atoms with van der Waals surface area (Å²) in [6.07, 6.45) is 1.28. The van der Waals surface area contributed by atoms with Gasteiger partial charge in [0.1, 0.15) is 23.1 Å². The zero-order valence-corrected chi connectivity index (χ0v) is 14.4. The van der Waals surface area contributed by atoms with Gasteiger partial charge in [-0.15, -0.1) is 0 Å². The average Bonchev–Trinajstić information content (AvgIpc) is 3.15. The number of benzene rings is 2. The molecule has 142 valence electrons. The van der Waals surface area contributed by atoms with Crippen LogP contribution in [0.2, 0.25) is 0 Å². The van der Waals surface area contributed by atoms with Crippen molar-refractivity contribution in [3.8, 4) is 17.1 Å². The van der Waals surface area contributed by atoms with Crippen molar-refractivity contribution in [1.29, 1.82) is 0 Å². The van der Waals surface area contributed by atoms with E-state index in [2.05, 4.69) is 10.5 Å². The Morgan fingerprint density at radius 2 is 2.04 bits per heavy atom. The molecular formula is C19H14FN3O5. The van der Waals surface area contributed by atoms with Crippen LogP contribution in [-0.2, 0) is 4.79 Å². The number of carbonyl (C=O) groups is 1. The Hall–Kier alpha value is -4.01. The molecule has 1 amide bonds. The Morgan fingerprint density at radius 1 is 1.21 bits per heavy atom. The van der Waals surface area contributed by atoms with Gasteiger partial charge in [0.25, 0.3) is 11.6 Å². The molecule has 0 fully saturated rings. The number of carbonyl (C=O) groups excluding carboxylic acids is 1. The van der Waals surface area contributed by atoms with Crippen LogP contribution in [0, 0.1) is 15.9 Å². The zero-order chi connectivity index (χ0) is 19.9. The Kier molecular flexibility index (Phi) is 5.75. The van der Waals surface area contributed by atoms with Crippen molar-refractivity contribution in [2.75, 3.05) is 6.61 Å². The smallest absolute Gasteiger partial charge is 0.277 e. The number of nitro groups is 1. The van der Waals surface area contributed by atoms with Gasteiger partial charge in [-0.3, -0.25) is 14.9 Å². The summed E-state index contributed by atoms with van der Waals surface area (Å²) in [7, 11) is 0. The first kappa shape index (κ1) is 18.8. The SMILES string of the molecule is O=C(COc1cccc(F)c1)N/N=C\c1ccc(-c2cccc([N+](=O)[O-])c2)o1. The monoisotopic (exact) mass is 383 g/mol. The third kappa shape index (κ3) is 5.01. The van der Waals surface area contributed by atoms with Crippen LogP contribution in [0.3, 0.4) is 0 Å². The van der Waals surface area contributed by atoms with Crippen LogP contribution in [-0.4, -0.2) is 23.7 Å². The summed E-state index contributed by atoms with van der Waals surface area (Å²) in [4.78, 5) is 22.0. The fourth-order valence-electron chi connectivity index (χ4n) is 2.26. The maximum atomic E-state index is 13.0. The second-order valence-electron chi connectivity index (χ2n) is 5.55. The number of ether oxygens (including phenoxy) is 1. The van der Waals surface area contributed by atoms with Gasteiger partial charge in [-0.05, 0) is 24.3 Å². The lowest BCUT2D eigenvalue weighted by Crippen LogP contribution is -2.24. The van der Waals surface area contributed by atoms with Crippen molar-refractivity contribution in [3.63, 3.8) is 0 Å². The minimum Gasteiger partial charge on any atom is -0.484 e. The van der Waals surface area contributed by atoms with Gasteiger partial charge in [0, 0.05) is 23.8 Å². The number of hydrogen-bond donors (Lipinski definition) is 1. The van der Waals surface area contributed by atoms with Gasteiger partial charge in [-0.2, -0.15) is 5.10 Å². The molecule has 9 heteroatoms. The van der Waals surface area contributed by atoms with Crippen molar-refractivity contribution in [3.05, 3.63) is 82.4 Å². The molecule has 3 rings (SSSR count). The van der Waals surface area contributed by atoms with Crippen LogP contribution in [0.1, 0.15) is 5.76 Å². The maximum absolute atomic E-state index is 13.0. The third-order valence-electron chi connectivity index (χ3n) is 3.52. The second-order valence-corrected chi connectivity index (χ2v) is 5.55. The maximum Gasteiger partial charge on any atom is 0.277 e. The minimum atomic E-state index is -0.536. The highest BCUT2D eigenvalue weighted by atomic mass is 19.1. The molecule has 0 saturated carbocycles. The molecule has 0 spiro atoms. The number of furan rings is 1. The largest absolute Gasteiger partial charge is 0.484 e. The summed E-state index contributed by atoms with van der Waals surface area (Å²) in [5, 5.41) is 14.6. The van der Waals surface area contributed by atoms with E-state index in [4.69, 9.17) is 9.15 Å². The second kappa shape index (κ2) is 8.58. The number of nitrogens with one attached hydrogen (secondary N) is 1. The van der Waals surface area contributed by atoms with Gasteiger partial charge in [0.2, 0.25) is 0 Å². The quantitative estimate of drug-likeness (QED) is 0.382. The average molecular weight is 383 g/mol. The van der Waals surface area contributed by atoms with E-state index >= 15 is 0 Å². The number of rotatable bonds is 7. The number of hydrazone groups is 1. The molecule has 0 radical (unpaired) electrons. The van der Waals surface area contributed by atoms with E-state index in [0.717, 1.165) is 6.07 Å². The molecule has 2 aromatic carbocycles. The predicted molar refractivity (Wildman–Crippen MR) is 98.4 cm³/mol.